The third-order valence-electron chi connectivity index (χ3n) is 3.26. The van der Waals surface area contributed by atoms with Gasteiger partial charge in [0, 0.05) is 10.9 Å². The zero-order chi connectivity index (χ0) is 11.8. The second-order valence-corrected chi connectivity index (χ2v) is 6.62. The molecular weight excluding hydrogens is 214 g/mol. The minimum Gasteiger partial charge on any atom is -0.313 e. The Morgan fingerprint density at radius 3 is 2.69 bits per heavy atom. The maximum absolute atomic E-state index is 3.43. The molecule has 88 valence electrons. The molecule has 1 aliphatic rings. The van der Waals surface area contributed by atoms with Crippen molar-refractivity contribution in [1.29, 1.82) is 0 Å². The van der Waals surface area contributed by atoms with Crippen LogP contribution in [0.15, 0.2) is 23.1 Å². The lowest BCUT2D eigenvalue weighted by molar-refractivity contribution is 0.553. The minimum atomic E-state index is 0.245. The van der Waals surface area contributed by atoms with Gasteiger partial charge in [0.1, 0.15) is 0 Å². The Hall–Kier alpha value is -0.470. The number of thioether (sulfide) groups is 1. The van der Waals surface area contributed by atoms with Gasteiger partial charge in [-0.1, -0.05) is 32.9 Å². The monoisotopic (exact) mass is 235 g/mol. The van der Waals surface area contributed by atoms with Gasteiger partial charge in [0.25, 0.3) is 0 Å². The molecule has 0 amide bonds. The van der Waals surface area contributed by atoms with E-state index in [9.17, 15) is 0 Å². The van der Waals surface area contributed by atoms with Crippen molar-refractivity contribution in [2.24, 2.45) is 0 Å². The third-order valence-corrected chi connectivity index (χ3v) is 4.39. The quantitative estimate of drug-likeness (QED) is 0.796. The fraction of sp³-hybridized carbons (Fsp3) is 0.571. The highest BCUT2D eigenvalue weighted by Crippen LogP contribution is 2.38. The van der Waals surface area contributed by atoms with Crippen molar-refractivity contribution in [2.45, 2.75) is 43.5 Å². The molecule has 0 radical (unpaired) electrons. The van der Waals surface area contributed by atoms with Crippen molar-refractivity contribution in [2.75, 3.05) is 12.8 Å². The molecule has 16 heavy (non-hydrogen) atoms. The summed E-state index contributed by atoms with van der Waals surface area (Å²) in [7, 11) is 2.06. The smallest absolute Gasteiger partial charge is 0.0336 e. The molecule has 1 nitrogen and oxygen atoms in total. The van der Waals surface area contributed by atoms with Crippen LogP contribution in [-0.2, 0) is 5.41 Å². The second-order valence-electron chi connectivity index (χ2n) is 5.48. The lowest BCUT2D eigenvalue weighted by Gasteiger charge is -2.28. The van der Waals surface area contributed by atoms with Gasteiger partial charge in [-0.25, -0.2) is 0 Å². The molecule has 0 spiro atoms. The maximum Gasteiger partial charge on any atom is 0.0336 e. The van der Waals surface area contributed by atoms with Crippen LogP contribution < -0.4 is 5.32 Å². The van der Waals surface area contributed by atoms with Crippen molar-refractivity contribution < 1.29 is 0 Å². The molecule has 1 atom stereocenters. The van der Waals surface area contributed by atoms with Crippen LogP contribution in [-0.4, -0.2) is 12.8 Å². The topological polar surface area (TPSA) is 12.0 Å². The highest BCUT2D eigenvalue weighted by Gasteiger charge is 2.22. The molecule has 1 aromatic rings. The van der Waals surface area contributed by atoms with Gasteiger partial charge in [0.15, 0.2) is 0 Å². The van der Waals surface area contributed by atoms with E-state index in [0.29, 0.717) is 6.04 Å². The average Bonchev–Trinajstić information content (AvgIpc) is 2.26. The van der Waals surface area contributed by atoms with E-state index >= 15 is 0 Å². The van der Waals surface area contributed by atoms with Crippen LogP contribution in [0.5, 0.6) is 0 Å². The molecule has 0 bridgehead atoms. The predicted octanol–water partition coefficient (Wildman–Crippen LogP) is 3.74. The standard InChI is InChI=1S/C14H21NS/c1-14(2,3)10-5-6-13-11(9-10)12(15-4)7-8-16-13/h5-6,9,12,15H,7-8H2,1-4H3. The normalized spacial score (nSPS) is 20.6. The summed E-state index contributed by atoms with van der Waals surface area (Å²) in [4.78, 5) is 1.46. The molecule has 1 aromatic carbocycles. The molecule has 2 heteroatoms. The van der Waals surface area contributed by atoms with E-state index in [1.807, 2.05) is 11.8 Å². The number of hydrogen-bond donors (Lipinski definition) is 1. The van der Waals surface area contributed by atoms with Gasteiger partial charge in [-0.3, -0.25) is 0 Å². The number of fused-ring (bicyclic) bond motifs is 1. The van der Waals surface area contributed by atoms with Crippen LogP contribution in [0.4, 0.5) is 0 Å². The average molecular weight is 235 g/mol. The van der Waals surface area contributed by atoms with Gasteiger partial charge >= 0.3 is 0 Å². The maximum atomic E-state index is 3.43. The molecule has 1 heterocycles. The number of rotatable bonds is 1. The molecule has 0 saturated heterocycles. The first kappa shape index (κ1) is 12.0. The number of hydrogen-bond acceptors (Lipinski definition) is 2. The van der Waals surface area contributed by atoms with Gasteiger partial charge < -0.3 is 5.32 Å². The van der Waals surface area contributed by atoms with Crippen LogP contribution in [0.1, 0.15) is 44.4 Å². The summed E-state index contributed by atoms with van der Waals surface area (Å²) in [5.41, 5.74) is 3.18. The Balaban J connectivity index is 2.43. The van der Waals surface area contributed by atoms with Gasteiger partial charge in [0.2, 0.25) is 0 Å². The van der Waals surface area contributed by atoms with Gasteiger partial charge in [-0.15, -0.1) is 11.8 Å². The van der Waals surface area contributed by atoms with Gasteiger partial charge in [-0.2, -0.15) is 0 Å². The van der Waals surface area contributed by atoms with E-state index in [1.54, 1.807) is 0 Å². The first-order chi connectivity index (χ1) is 7.52. The molecule has 2 rings (SSSR count). The van der Waals surface area contributed by atoms with Crippen LogP contribution in [0.3, 0.4) is 0 Å². The lowest BCUT2D eigenvalue weighted by atomic mass is 9.85. The first-order valence-electron chi connectivity index (χ1n) is 5.97. The van der Waals surface area contributed by atoms with Gasteiger partial charge in [0.05, 0.1) is 0 Å². The molecular formula is C14H21NS. The van der Waals surface area contributed by atoms with Crippen LogP contribution >= 0.6 is 11.8 Å². The summed E-state index contributed by atoms with van der Waals surface area (Å²) >= 11 is 1.99. The SMILES string of the molecule is CNC1CCSc2ccc(C(C)(C)C)cc21. The van der Waals surface area contributed by atoms with E-state index in [-0.39, 0.29) is 5.41 Å². The van der Waals surface area contributed by atoms with Crippen molar-refractivity contribution in [3.05, 3.63) is 29.3 Å². The highest BCUT2D eigenvalue weighted by atomic mass is 32.2. The summed E-state index contributed by atoms with van der Waals surface area (Å²) < 4.78 is 0. The molecule has 0 aliphatic carbocycles. The largest absolute Gasteiger partial charge is 0.313 e. The Morgan fingerprint density at radius 2 is 2.06 bits per heavy atom. The van der Waals surface area contributed by atoms with Crippen LogP contribution in [0.25, 0.3) is 0 Å². The number of benzene rings is 1. The molecule has 1 unspecified atom stereocenters. The first-order valence-corrected chi connectivity index (χ1v) is 6.95. The van der Waals surface area contributed by atoms with E-state index in [4.69, 9.17) is 0 Å². The predicted molar refractivity (Wildman–Crippen MR) is 72.3 cm³/mol. The fourth-order valence-corrected chi connectivity index (χ4v) is 3.27. The highest BCUT2D eigenvalue weighted by molar-refractivity contribution is 7.99. The Labute approximate surface area is 103 Å². The summed E-state index contributed by atoms with van der Waals surface area (Å²) in [5.74, 6) is 1.23. The lowest BCUT2D eigenvalue weighted by Crippen LogP contribution is -2.22. The van der Waals surface area contributed by atoms with Crippen LogP contribution in [0, 0.1) is 0 Å². The zero-order valence-corrected chi connectivity index (χ0v) is 11.4. The Morgan fingerprint density at radius 1 is 1.31 bits per heavy atom. The number of nitrogens with one attached hydrogen (secondary N) is 1. The van der Waals surface area contributed by atoms with Crippen molar-refractivity contribution in [3.63, 3.8) is 0 Å². The van der Waals surface area contributed by atoms with Crippen molar-refractivity contribution in [3.8, 4) is 0 Å². The molecule has 0 saturated carbocycles. The minimum absolute atomic E-state index is 0.245. The second kappa shape index (κ2) is 4.42. The summed E-state index contributed by atoms with van der Waals surface area (Å²) in [6, 6.07) is 7.51. The Bertz CT molecular complexity index is 379. The molecule has 1 aliphatic heterocycles. The van der Waals surface area contributed by atoms with E-state index in [2.05, 4.69) is 51.3 Å². The van der Waals surface area contributed by atoms with Gasteiger partial charge in [-0.05, 0) is 41.8 Å². The van der Waals surface area contributed by atoms with Crippen molar-refractivity contribution in [1.82, 2.24) is 5.32 Å². The molecule has 0 fully saturated rings. The summed E-state index contributed by atoms with van der Waals surface area (Å²) in [5, 5.41) is 3.43. The molecule has 0 aromatic heterocycles. The molecule has 1 N–H and O–H groups in total. The Kier molecular flexibility index (Phi) is 3.32. The van der Waals surface area contributed by atoms with Crippen LogP contribution in [0.2, 0.25) is 0 Å². The van der Waals surface area contributed by atoms with E-state index in [0.717, 1.165) is 0 Å². The summed E-state index contributed by atoms with van der Waals surface area (Å²) in [6.45, 7) is 6.83. The third kappa shape index (κ3) is 2.28. The van der Waals surface area contributed by atoms with E-state index in [1.165, 1.54) is 28.2 Å². The van der Waals surface area contributed by atoms with Crippen molar-refractivity contribution >= 4 is 11.8 Å². The van der Waals surface area contributed by atoms with E-state index < -0.39 is 0 Å². The fourth-order valence-electron chi connectivity index (χ4n) is 2.16. The zero-order valence-electron chi connectivity index (χ0n) is 10.6. The summed E-state index contributed by atoms with van der Waals surface area (Å²) in [6.07, 6.45) is 1.24.